The van der Waals surface area contributed by atoms with Crippen LogP contribution in [-0.4, -0.2) is 19.5 Å². The predicted octanol–water partition coefficient (Wildman–Crippen LogP) is 5.36. The molecular weight excluding hydrogens is 470 g/mol. The number of fused-ring (bicyclic) bond motifs is 1. The van der Waals surface area contributed by atoms with Crippen LogP contribution < -0.4 is 11.5 Å². The van der Waals surface area contributed by atoms with Gasteiger partial charge in [0.2, 0.25) is 0 Å². The number of benzene rings is 2. The molecule has 36 heavy (non-hydrogen) atoms. The van der Waals surface area contributed by atoms with Crippen molar-refractivity contribution in [3.63, 3.8) is 0 Å². The number of aromatic nitrogens is 4. The number of imidazole rings is 1. The zero-order chi connectivity index (χ0) is 24.0. The maximum atomic E-state index is 9.32. The fraction of sp³-hybridized carbons (Fsp3) is 0.143. The molecule has 3 heterocycles. The average Bonchev–Trinajstić information content (AvgIpc) is 3.26. The zero-order valence-corrected chi connectivity index (χ0v) is 20.2. The fourth-order valence-electron chi connectivity index (χ4n) is 4.69. The number of hydrogen-bond acceptors (Lipinski definition) is 6. The molecule has 5 aromatic rings. The Morgan fingerprint density at radius 2 is 1.75 bits per heavy atom. The number of nitrogen functional groups attached to an aromatic ring is 1. The third-order valence-corrected chi connectivity index (χ3v) is 6.82. The van der Waals surface area contributed by atoms with Crippen LogP contribution in [0, 0.1) is 11.3 Å². The van der Waals surface area contributed by atoms with Crippen LogP contribution in [0.1, 0.15) is 30.4 Å². The van der Waals surface area contributed by atoms with E-state index in [1.807, 2.05) is 47.0 Å². The molecule has 1 saturated carbocycles. The van der Waals surface area contributed by atoms with Crippen LogP contribution in [0.3, 0.4) is 0 Å². The van der Waals surface area contributed by atoms with Gasteiger partial charge in [-0.2, -0.15) is 5.26 Å². The molecule has 0 amide bonds. The Kier molecular flexibility index (Phi) is 5.92. The van der Waals surface area contributed by atoms with Gasteiger partial charge in [-0.3, -0.25) is 4.57 Å². The lowest BCUT2D eigenvalue weighted by Crippen LogP contribution is -2.43. The lowest BCUT2D eigenvalue weighted by Gasteiger charge is -2.38. The number of pyridine rings is 2. The van der Waals surface area contributed by atoms with Gasteiger partial charge in [0.05, 0.1) is 22.9 Å². The van der Waals surface area contributed by atoms with Gasteiger partial charge in [-0.05, 0) is 73.4 Å². The van der Waals surface area contributed by atoms with E-state index in [2.05, 4.69) is 35.3 Å². The van der Waals surface area contributed by atoms with Crippen molar-refractivity contribution in [2.24, 2.45) is 5.73 Å². The second-order valence-electron chi connectivity index (χ2n) is 9.00. The second-order valence-corrected chi connectivity index (χ2v) is 9.00. The molecule has 0 radical (unpaired) electrons. The van der Waals surface area contributed by atoms with Crippen molar-refractivity contribution < 1.29 is 0 Å². The Morgan fingerprint density at radius 3 is 2.44 bits per heavy atom. The smallest absolute Gasteiger partial charge is 0.165 e. The van der Waals surface area contributed by atoms with Crippen LogP contribution >= 0.6 is 12.4 Å². The van der Waals surface area contributed by atoms with Gasteiger partial charge in [-0.25, -0.2) is 15.0 Å². The van der Waals surface area contributed by atoms with Crippen LogP contribution in [0.15, 0.2) is 79.0 Å². The summed E-state index contributed by atoms with van der Waals surface area (Å²) in [6, 6.07) is 25.6. The first-order valence-electron chi connectivity index (χ1n) is 11.6. The number of anilines is 1. The normalized spacial score (nSPS) is 14.0. The summed E-state index contributed by atoms with van der Waals surface area (Å²) in [6.45, 7) is 0. The first-order valence-corrected chi connectivity index (χ1v) is 11.6. The number of hydrogen-bond donors (Lipinski definition) is 2. The SMILES string of the molecule is Cl.N#Cc1cccc(-c2ccc3nc(-c4cccnc4N)n(-c4ccc(C5(N)CCC5)cc4)c3n2)c1. The third kappa shape index (κ3) is 3.87. The lowest BCUT2D eigenvalue weighted by molar-refractivity contribution is 0.253. The van der Waals surface area contributed by atoms with E-state index in [0.717, 1.165) is 52.9 Å². The van der Waals surface area contributed by atoms with E-state index in [0.29, 0.717) is 22.9 Å². The van der Waals surface area contributed by atoms with Crippen LogP contribution in [0.5, 0.6) is 0 Å². The van der Waals surface area contributed by atoms with E-state index >= 15 is 0 Å². The van der Waals surface area contributed by atoms with Gasteiger partial charge in [-0.15, -0.1) is 12.4 Å². The van der Waals surface area contributed by atoms with E-state index < -0.39 is 0 Å². The van der Waals surface area contributed by atoms with E-state index in [4.69, 9.17) is 21.4 Å². The fourth-order valence-corrected chi connectivity index (χ4v) is 4.69. The number of halogens is 1. The van der Waals surface area contributed by atoms with Gasteiger partial charge >= 0.3 is 0 Å². The minimum Gasteiger partial charge on any atom is -0.383 e. The molecule has 2 aromatic carbocycles. The van der Waals surface area contributed by atoms with Crippen molar-refractivity contribution in [3.8, 4) is 34.4 Å². The van der Waals surface area contributed by atoms with Gasteiger partial charge in [0.1, 0.15) is 11.3 Å². The highest BCUT2D eigenvalue weighted by atomic mass is 35.5. The van der Waals surface area contributed by atoms with Crippen molar-refractivity contribution in [1.29, 1.82) is 5.26 Å². The van der Waals surface area contributed by atoms with E-state index in [9.17, 15) is 5.26 Å². The minimum atomic E-state index is -0.233. The van der Waals surface area contributed by atoms with E-state index in [1.165, 1.54) is 0 Å². The molecule has 0 bridgehead atoms. The highest BCUT2D eigenvalue weighted by Crippen LogP contribution is 2.39. The Hall–Kier alpha value is -4.25. The topological polar surface area (TPSA) is 119 Å². The van der Waals surface area contributed by atoms with Gasteiger partial charge in [0, 0.05) is 23.0 Å². The van der Waals surface area contributed by atoms with E-state index in [1.54, 1.807) is 12.3 Å². The summed E-state index contributed by atoms with van der Waals surface area (Å²) < 4.78 is 2.01. The largest absolute Gasteiger partial charge is 0.383 e. The first kappa shape index (κ1) is 23.5. The lowest BCUT2D eigenvalue weighted by atomic mass is 9.73. The average molecular weight is 494 g/mol. The molecule has 8 heteroatoms. The monoisotopic (exact) mass is 493 g/mol. The van der Waals surface area contributed by atoms with Crippen molar-refractivity contribution in [2.75, 3.05) is 5.73 Å². The Labute approximate surface area is 214 Å². The summed E-state index contributed by atoms with van der Waals surface area (Å²) in [5.41, 5.74) is 19.0. The highest BCUT2D eigenvalue weighted by molar-refractivity contribution is 5.85. The summed E-state index contributed by atoms with van der Waals surface area (Å²) in [5.74, 6) is 1.07. The molecule has 7 nitrogen and oxygen atoms in total. The van der Waals surface area contributed by atoms with Crippen molar-refractivity contribution in [3.05, 3.63) is 90.1 Å². The number of nitrogens with zero attached hydrogens (tertiary/aromatic N) is 5. The minimum absolute atomic E-state index is 0. The molecule has 1 fully saturated rings. The van der Waals surface area contributed by atoms with Crippen molar-refractivity contribution >= 4 is 29.4 Å². The molecule has 6 rings (SSSR count). The van der Waals surface area contributed by atoms with Crippen LogP contribution in [-0.2, 0) is 5.54 Å². The number of nitrogens with two attached hydrogens (primary N) is 2. The Balaban J connectivity index is 0.00000267. The summed E-state index contributed by atoms with van der Waals surface area (Å²) >= 11 is 0. The quantitative estimate of drug-likeness (QED) is 0.347. The first-order chi connectivity index (χ1) is 17.1. The standard InChI is InChI=1S/C28H23N7.ClH/c29-17-18-4-1-5-19(16-18)23-11-12-24-27(33-23)35(26(34-24)22-6-2-15-32-25(22)30)21-9-7-20(8-10-21)28(31)13-3-14-28;/h1-2,4-12,15-16H,3,13-14,31H2,(H2,30,32);1H. The molecule has 0 atom stereocenters. The van der Waals surface area contributed by atoms with Crippen LogP contribution in [0.2, 0.25) is 0 Å². The van der Waals surface area contributed by atoms with Gasteiger partial charge in [-0.1, -0.05) is 24.3 Å². The van der Waals surface area contributed by atoms with Gasteiger partial charge in [0.25, 0.3) is 0 Å². The van der Waals surface area contributed by atoms with Crippen LogP contribution in [0.4, 0.5) is 5.82 Å². The maximum Gasteiger partial charge on any atom is 0.165 e. The molecule has 3 aromatic heterocycles. The second kappa shape index (κ2) is 9.08. The number of rotatable bonds is 4. The van der Waals surface area contributed by atoms with Crippen molar-refractivity contribution in [2.45, 2.75) is 24.8 Å². The third-order valence-electron chi connectivity index (χ3n) is 6.82. The summed E-state index contributed by atoms with van der Waals surface area (Å²) in [5, 5.41) is 9.32. The Morgan fingerprint density at radius 1 is 0.944 bits per heavy atom. The molecule has 0 spiro atoms. The highest BCUT2D eigenvalue weighted by Gasteiger charge is 2.34. The zero-order valence-electron chi connectivity index (χ0n) is 19.4. The van der Waals surface area contributed by atoms with Crippen molar-refractivity contribution in [1.82, 2.24) is 19.5 Å². The van der Waals surface area contributed by atoms with Gasteiger partial charge in [0.15, 0.2) is 11.5 Å². The molecule has 0 aliphatic heterocycles. The van der Waals surface area contributed by atoms with Gasteiger partial charge < -0.3 is 11.5 Å². The summed E-state index contributed by atoms with van der Waals surface area (Å²) in [6.07, 6.45) is 4.84. The predicted molar refractivity (Wildman–Crippen MR) is 144 cm³/mol. The van der Waals surface area contributed by atoms with E-state index in [-0.39, 0.29) is 17.9 Å². The summed E-state index contributed by atoms with van der Waals surface area (Å²) in [4.78, 5) is 14.1. The molecule has 4 N–H and O–H groups in total. The summed E-state index contributed by atoms with van der Waals surface area (Å²) in [7, 11) is 0. The molecule has 178 valence electrons. The number of nitriles is 1. The maximum absolute atomic E-state index is 9.32. The molecule has 1 aliphatic carbocycles. The molecular formula is C28H24ClN7. The molecule has 0 unspecified atom stereocenters. The Bertz CT molecular complexity index is 1610. The van der Waals surface area contributed by atoms with Crippen LogP contribution in [0.25, 0.3) is 39.5 Å². The molecule has 0 saturated heterocycles. The molecule has 1 aliphatic rings.